The van der Waals surface area contributed by atoms with Crippen LogP contribution < -0.4 is 5.32 Å². The quantitative estimate of drug-likeness (QED) is 0.272. The number of hydrogen-bond acceptors (Lipinski definition) is 5. The number of anilines is 1. The first-order valence-corrected chi connectivity index (χ1v) is 13.9. The third-order valence-electron chi connectivity index (χ3n) is 6.50. The Balaban J connectivity index is 1.18. The largest absolute Gasteiger partial charge is 0.462 e. The summed E-state index contributed by atoms with van der Waals surface area (Å²) in [7, 11) is 1.85. The minimum Gasteiger partial charge on any atom is -0.462 e. The summed E-state index contributed by atoms with van der Waals surface area (Å²) in [5, 5.41) is 8.53. The Morgan fingerprint density at radius 3 is 2.87 bits per heavy atom. The second-order valence-electron chi connectivity index (χ2n) is 9.25. The number of benzene rings is 1. The number of aromatic nitrogens is 3. The van der Waals surface area contributed by atoms with Gasteiger partial charge in [0.2, 0.25) is 5.91 Å². The molecule has 3 aromatic rings. The monoisotopic (exact) mass is 593 g/mol. The van der Waals surface area contributed by atoms with Crippen LogP contribution in [0.25, 0.3) is 16.9 Å². The van der Waals surface area contributed by atoms with Gasteiger partial charge in [0.05, 0.1) is 16.4 Å². The van der Waals surface area contributed by atoms with Crippen LogP contribution in [-0.2, 0) is 9.53 Å². The number of fused-ring (bicyclic) bond motifs is 1. The van der Waals surface area contributed by atoms with Crippen molar-refractivity contribution in [3.63, 3.8) is 0 Å². The van der Waals surface area contributed by atoms with Gasteiger partial charge in [-0.1, -0.05) is 42.0 Å². The molecule has 2 aliphatic carbocycles. The minimum atomic E-state index is 0.0559. The van der Waals surface area contributed by atoms with E-state index in [0.29, 0.717) is 30.2 Å². The molecule has 0 unspecified atom stereocenters. The highest BCUT2D eigenvalue weighted by Crippen LogP contribution is 2.30. The summed E-state index contributed by atoms with van der Waals surface area (Å²) in [4.78, 5) is 19.5. The average Bonchev–Trinajstić information content (AvgIpc) is 3.32. The second-order valence-corrected chi connectivity index (χ2v) is 10.5. The number of amides is 1. The van der Waals surface area contributed by atoms with Crippen LogP contribution in [0.5, 0.6) is 0 Å². The lowest BCUT2D eigenvalue weighted by atomic mass is 10.0. The topological polar surface area (TPSA) is 71.8 Å². The molecular formula is C29H29BrClN5O2. The number of nitrogens with zero attached hydrogens (tertiary/aromatic N) is 4. The molecule has 0 radical (unpaired) electrons. The summed E-state index contributed by atoms with van der Waals surface area (Å²) < 4.78 is 8.52. The molecule has 196 valence electrons. The van der Waals surface area contributed by atoms with E-state index in [9.17, 15) is 4.79 Å². The van der Waals surface area contributed by atoms with Crippen LogP contribution in [0, 0.1) is 0 Å². The lowest BCUT2D eigenvalue weighted by molar-refractivity contribution is -0.126. The first kappa shape index (κ1) is 26.3. The van der Waals surface area contributed by atoms with E-state index >= 15 is 0 Å². The molecule has 1 amide bonds. The van der Waals surface area contributed by atoms with Crippen molar-refractivity contribution in [2.75, 3.05) is 25.5 Å². The van der Waals surface area contributed by atoms with Gasteiger partial charge in [0.1, 0.15) is 17.3 Å². The first-order chi connectivity index (χ1) is 18.5. The van der Waals surface area contributed by atoms with Crippen LogP contribution in [0.3, 0.4) is 0 Å². The molecular weight excluding hydrogens is 566 g/mol. The van der Waals surface area contributed by atoms with E-state index in [2.05, 4.69) is 38.5 Å². The first-order valence-electron chi connectivity index (χ1n) is 12.7. The van der Waals surface area contributed by atoms with E-state index < -0.39 is 0 Å². The fraction of sp³-hybridized carbons (Fsp3) is 0.276. The van der Waals surface area contributed by atoms with Gasteiger partial charge in [-0.15, -0.1) is 0 Å². The fourth-order valence-electron chi connectivity index (χ4n) is 4.45. The van der Waals surface area contributed by atoms with E-state index in [-0.39, 0.29) is 5.91 Å². The zero-order chi connectivity index (χ0) is 26.5. The van der Waals surface area contributed by atoms with Gasteiger partial charge in [0.25, 0.3) is 0 Å². The molecule has 9 heteroatoms. The molecule has 0 atom stereocenters. The molecule has 0 saturated heterocycles. The van der Waals surface area contributed by atoms with E-state index in [0.717, 1.165) is 64.3 Å². The van der Waals surface area contributed by atoms with Crippen molar-refractivity contribution in [3.8, 4) is 11.3 Å². The van der Waals surface area contributed by atoms with Crippen molar-refractivity contribution in [2.45, 2.75) is 32.1 Å². The second kappa shape index (κ2) is 12.0. The van der Waals surface area contributed by atoms with E-state index in [1.165, 1.54) is 0 Å². The van der Waals surface area contributed by atoms with E-state index in [1.54, 1.807) is 15.6 Å². The molecule has 1 aromatic carbocycles. The molecule has 0 bridgehead atoms. The smallest absolute Gasteiger partial charge is 0.249 e. The van der Waals surface area contributed by atoms with Gasteiger partial charge in [0.15, 0.2) is 5.65 Å². The molecule has 1 N–H and O–H groups in total. The number of likely N-dealkylation sites (N-methyl/N-ethyl adjacent to an activating group) is 1. The summed E-state index contributed by atoms with van der Waals surface area (Å²) in [5.41, 5.74) is 3.13. The van der Waals surface area contributed by atoms with Crippen molar-refractivity contribution in [3.05, 3.63) is 93.5 Å². The summed E-state index contributed by atoms with van der Waals surface area (Å²) >= 11 is 9.97. The maximum atomic E-state index is 13.0. The van der Waals surface area contributed by atoms with Gasteiger partial charge in [-0.3, -0.25) is 4.79 Å². The Morgan fingerprint density at radius 1 is 1.24 bits per heavy atom. The van der Waals surface area contributed by atoms with Crippen molar-refractivity contribution < 1.29 is 9.53 Å². The van der Waals surface area contributed by atoms with E-state index in [4.69, 9.17) is 21.3 Å². The summed E-state index contributed by atoms with van der Waals surface area (Å²) in [6.07, 6.45) is 16.0. The van der Waals surface area contributed by atoms with Crippen LogP contribution in [-0.4, -0.2) is 45.5 Å². The Labute approximate surface area is 235 Å². The highest BCUT2D eigenvalue weighted by atomic mass is 79.9. The van der Waals surface area contributed by atoms with Gasteiger partial charge in [0, 0.05) is 48.8 Å². The third kappa shape index (κ3) is 6.03. The molecule has 2 aliphatic rings. The van der Waals surface area contributed by atoms with Crippen LogP contribution >= 0.6 is 27.5 Å². The molecule has 0 aliphatic heterocycles. The maximum Gasteiger partial charge on any atom is 0.249 e. The van der Waals surface area contributed by atoms with Crippen molar-refractivity contribution in [2.24, 2.45) is 0 Å². The van der Waals surface area contributed by atoms with Crippen molar-refractivity contribution in [1.82, 2.24) is 19.5 Å². The predicted molar refractivity (Wildman–Crippen MR) is 155 cm³/mol. The van der Waals surface area contributed by atoms with E-state index in [1.807, 2.05) is 55.6 Å². The third-order valence-corrected chi connectivity index (χ3v) is 7.39. The number of nitrogens with one attached hydrogen (secondary N) is 1. The van der Waals surface area contributed by atoms with Gasteiger partial charge >= 0.3 is 0 Å². The van der Waals surface area contributed by atoms with Gasteiger partial charge in [-0.2, -0.15) is 9.61 Å². The van der Waals surface area contributed by atoms with Gasteiger partial charge in [-0.05, 0) is 65.9 Å². The van der Waals surface area contributed by atoms with Crippen LogP contribution in [0.2, 0.25) is 5.02 Å². The Morgan fingerprint density at radius 2 is 2.11 bits per heavy atom. The fourth-order valence-corrected chi connectivity index (χ4v) is 5.03. The number of halogens is 2. The number of hydrogen-bond donors (Lipinski definition) is 1. The standard InChI is InChI=1S/C29H29BrClN5O2/c1-35(29(37)20-12-14-22(15-13-20)38-21-8-3-2-4-9-21)17-7-16-32-27-18-26(23-10-5-6-11-25(23)31)34-28-24(30)19-33-36(27)28/h3,5-6,8-12,14,18-19,32H,2,4,7,13,15-17H2,1H3. The zero-order valence-electron chi connectivity index (χ0n) is 21.2. The maximum absolute atomic E-state index is 13.0. The highest BCUT2D eigenvalue weighted by molar-refractivity contribution is 9.10. The van der Waals surface area contributed by atoms with Crippen molar-refractivity contribution >= 4 is 44.9 Å². The number of carbonyl (C=O) groups is 1. The highest BCUT2D eigenvalue weighted by Gasteiger charge is 2.19. The minimum absolute atomic E-state index is 0.0559. The summed E-state index contributed by atoms with van der Waals surface area (Å²) in [6, 6.07) is 9.58. The Bertz CT molecular complexity index is 1470. The summed E-state index contributed by atoms with van der Waals surface area (Å²) in [6.45, 7) is 1.29. The lowest BCUT2D eigenvalue weighted by Crippen LogP contribution is -2.30. The number of carbonyl (C=O) groups excluding carboxylic acids is 1. The molecule has 2 aromatic heterocycles. The number of allylic oxidation sites excluding steroid dienone is 6. The van der Waals surface area contributed by atoms with Crippen LogP contribution in [0.1, 0.15) is 32.1 Å². The normalized spacial score (nSPS) is 15.1. The average molecular weight is 595 g/mol. The molecule has 2 heterocycles. The van der Waals surface area contributed by atoms with Gasteiger partial charge < -0.3 is 15.0 Å². The van der Waals surface area contributed by atoms with Crippen LogP contribution in [0.15, 0.2) is 88.5 Å². The molecule has 7 nitrogen and oxygen atoms in total. The Kier molecular flexibility index (Phi) is 8.29. The summed E-state index contributed by atoms with van der Waals surface area (Å²) in [5.74, 6) is 2.65. The molecule has 38 heavy (non-hydrogen) atoms. The lowest BCUT2D eigenvalue weighted by Gasteiger charge is -2.22. The number of ether oxygens (including phenoxy) is 1. The zero-order valence-corrected chi connectivity index (χ0v) is 23.5. The molecule has 0 fully saturated rings. The Hall–Kier alpha value is -3.36. The van der Waals surface area contributed by atoms with Crippen LogP contribution in [0.4, 0.5) is 5.82 Å². The van der Waals surface area contributed by atoms with Crippen molar-refractivity contribution in [1.29, 1.82) is 0 Å². The molecule has 0 spiro atoms. The predicted octanol–water partition coefficient (Wildman–Crippen LogP) is 6.93. The van der Waals surface area contributed by atoms with Gasteiger partial charge in [-0.25, -0.2) is 4.98 Å². The molecule has 5 rings (SSSR count). The SMILES string of the molecule is CN(CCCNc1cc(-c2ccccc2Cl)nc2c(Br)cnn12)C(=O)C1=CC=C(OC2=CCCC=C2)CC1. The molecule has 0 saturated carbocycles. The number of rotatable bonds is 9.